The third kappa shape index (κ3) is 3.22. The summed E-state index contributed by atoms with van der Waals surface area (Å²) in [6.45, 7) is 7.03. The van der Waals surface area contributed by atoms with E-state index in [0.717, 1.165) is 37.9 Å². The molecule has 0 aliphatic carbocycles. The van der Waals surface area contributed by atoms with Gasteiger partial charge in [-0.05, 0) is 25.2 Å². The number of hydrogen-bond acceptors (Lipinski definition) is 5. The molecule has 1 aromatic rings. The molecule has 5 nitrogen and oxygen atoms in total. The highest BCUT2D eigenvalue weighted by molar-refractivity contribution is 5.26. The van der Waals surface area contributed by atoms with Crippen molar-refractivity contribution in [2.24, 2.45) is 5.92 Å². The maximum Gasteiger partial charge on any atom is 0.324 e. The molecule has 0 N–H and O–H groups in total. The molecule has 1 aromatic heterocycles. The molecule has 0 radical (unpaired) electrons. The van der Waals surface area contributed by atoms with Crippen molar-refractivity contribution in [3.05, 3.63) is 5.82 Å². The minimum Gasteiger partial charge on any atom is -0.385 e. The van der Waals surface area contributed by atoms with Gasteiger partial charge in [-0.1, -0.05) is 19.0 Å². The molecule has 2 rings (SSSR count). The van der Waals surface area contributed by atoms with Crippen molar-refractivity contribution in [3.8, 4) is 0 Å². The molecule has 0 amide bonds. The zero-order valence-corrected chi connectivity index (χ0v) is 11.6. The lowest BCUT2D eigenvalue weighted by atomic mass is 9.94. The Morgan fingerprint density at radius 1 is 1.39 bits per heavy atom. The SMILES string of the molecule is COCCC1CCN(c2nc(C(C)C)no2)CC1. The standard InChI is InChI=1S/C13H23N3O2/c1-10(2)12-14-13(18-15-12)16-7-4-11(5-8-16)6-9-17-3/h10-11H,4-9H2,1-3H3. The molecule has 18 heavy (non-hydrogen) atoms. The fraction of sp³-hybridized carbons (Fsp3) is 0.846. The van der Waals surface area contributed by atoms with Crippen LogP contribution >= 0.6 is 0 Å². The van der Waals surface area contributed by atoms with Gasteiger partial charge in [0.05, 0.1) is 0 Å². The number of ether oxygens (including phenoxy) is 1. The zero-order valence-electron chi connectivity index (χ0n) is 11.6. The lowest BCUT2D eigenvalue weighted by molar-refractivity contribution is 0.169. The Bertz CT molecular complexity index is 357. The molecule has 1 saturated heterocycles. The molecule has 0 atom stereocenters. The van der Waals surface area contributed by atoms with Gasteiger partial charge in [-0.25, -0.2) is 0 Å². The molecular weight excluding hydrogens is 230 g/mol. The largest absolute Gasteiger partial charge is 0.385 e. The maximum absolute atomic E-state index is 5.32. The Morgan fingerprint density at radius 2 is 2.11 bits per heavy atom. The van der Waals surface area contributed by atoms with Crippen LogP contribution in [0, 0.1) is 5.92 Å². The average molecular weight is 253 g/mol. The van der Waals surface area contributed by atoms with E-state index in [1.807, 2.05) is 0 Å². The summed E-state index contributed by atoms with van der Waals surface area (Å²) in [6, 6.07) is 0.684. The van der Waals surface area contributed by atoms with Crippen molar-refractivity contribution < 1.29 is 9.26 Å². The van der Waals surface area contributed by atoms with Gasteiger partial charge in [0, 0.05) is 32.7 Å². The second-order valence-corrected chi connectivity index (χ2v) is 5.30. The molecule has 1 fully saturated rings. The summed E-state index contributed by atoms with van der Waals surface area (Å²) in [5.74, 6) is 1.89. The third-order valence-electron chi connectivity index (χ3n) is 3.56. The topological polar surface area (TPSA) is 51.4 Å². The van der Waals surface area contributed by atoms with Crippen LogP contribution in [-0.4, -0.2) is 36.9 Å². The Hall–Kier alpha value is -1.10. The second-order valence-electron chi connectivity index (χ2n) is 5.30. The van der Waals surface area contributed by atoms with Crippen LogP contribution in [0.3, 0.4) is 0 Å². The lowest BCUT2D eigenvalue weighted by Gasteiger charge is -2.30. The highest BCUT2D eigenvalue weighted by Gasteiger charge is 2.23. The Labute approximate surface area is 108 Å². The van der Waals surface area contributed by atoms with E-state index in [0.29, 0.717) is 11.9 Å². The van der Waals surface area contributed by atoms with E-state index in [2.05, 4.69) is 28.9 Å². The van der Waals surface area contributed by atoms with Gasteiger partial charge < -0.3 is 14.2 Å². The number of methoxy groups -OCH3 is 1. The monoisotopic (exact) mass is 253 g/mol. The van der Waals surface area contributed by atoms with Crippen molar-refractivity contribution >= 4 is 6.01 Å². The third-order valence-corrected chi connectivity index (χ3v) is 3.56. The van der Waals surface area contributed by atoms with Crippen molar-refractivity contribution in [2.75, 3.05) is 31.7 Å². The number of aromatic nitrogens is 2. The zero-order chi connectivity index (χ0) is 13.0. The maximum atomic E-state index is 5.32. The average Bonchev–Trinajstić information content (AvgIpc) is 2.87. The van der Waals surface area contributed by atoms with Crippen LogP contribution < -0.4 is 4.90 Å². The Morgan fingerprint density at radius 3 is 2.67 bits per heavy atom. The van der Waals surface area contributed by atoms with Crippen LogP contribution in [0.15, 0.2) is 4.52 Å². The van der Waals surface area contributed by atoms with Crippen LogP contribution in [0.5, 0.6) is 0 Å². The summed E-state index contributed by atoms with van der Waals surface area (Å²) in [5, 5.41) is 4.01. The minimum absolute atomic E-state index is 0.321. The second kappa shape index (κ2) is 6.18. The molecule has 0 spiro atoms. The number of nitrogens with zero attached hydrogens (tertiary/aromatic N) is 3. The first-order chi connectivity index (χ1) is 8.70. The summed E-state index contributed by atoms with van der Waals surface area (Å²) in [4.78, 5) is 6.64. The quantitative estimate of drug-likeness (QED) is 0.806. The molecular formula is C13H23N3O2. The van der Waals surface area contributed by atoms with E-state index < -0.39 is 0 Å². The van der Waals surface area contributed by atoms with E-state index in [4.69, 9.17) is 9.26 Å². The van der Waals surface area contributed by atoms with E-state index in [-0.39, 0.29) is 0 Å². The molecule has 1 aliphatic rings. The van der Waals surface area contributed by atoms with Crippen LogP contribution in [0.4, 0.5) is 6.01 Å². The van der Waals surface area contributed by atoms with Crippen LogP contribution in [0.2, 0.25) is 0 Å². The van der Waals surface area contributed by atoms with Crippen molar-refractivity contribution in [1.82, 2.24) is 10.1 Å². The highest BCUT2D eigenvalue weighted by atomic mass is 16.5. The van der Waals surface area contributed by atoms with Gasteiger partial charge in [0.25, 0.3) is 0 Å². The summed E-state index contributed by atoms with van der Waals surface area (Å²) in [5.41, 5.74) is 0. The number of rotatable bonds is 5. The fourth-order valence-corrected chi connectivity index (χ4v) is 2.29. The highest BCUT2D eigenvalue weighted by Crippen LogP contribution is 2.25. The minimum atomic E-state index is 0.321. The fourth-order valence-electron chi connectivity index (χ4n) is 2.29. The Kier molecular flexibility index (Phi) is 4.58. The van der Waals surface area contributed by atoms with Crippen LogP contribution in [0.25, 0.3) is 0 Å². The number of hydrogen-bond donors (Lipinski definition) is 0. The number of anilines is 1. The molecule has 1 aliphatic heterocycles. The van der Waals surface area contributed by atoms with Crippen molar-refractivity contribution in [3.63, 3.8) is 0 Å². The van der Waals surface area contributed by atoms with Gasteiger partial charge in [0.15, 0.2) is 5.82 Å². The van der Waals surface area contributed by atoms with E-state index in [1.54, 1.807) is 7.11 Å². The van der Waals surface area contributed by atoms with Gasteiger partial charge in [0.2, 0.25) is 0 Å². The van der Waals surface area contributed by atoms with Gasteiger partial charge in [-0.2, -0.15) is 4.98 Å². The first kappa shape index (κ1) is 13.3. The Balaban J connectivity index is 1.85. The lowest BCUT2D eigenvalue weighted by Crippen LogP contribution is -2.34. The van der Waals surface area contributed by atoms with Gasteiger partial charge in [-0.3, -0.25) is 0 Å². The molecule has 0 unspecified atom stereocenters. The van der Waals surface area contributed by atoms with E-state index >= 15 is 0 Å². The molecule has 2 heterocycles. The van der Waals surface area contributed by atoms with E-state index in [9.17, 15) is 0 Å². The first-order valence-corrected chi connectivity index (χ1v) is 6.78. The normalized spacial score (nSPS) is 17.7. The summed E-state index contributed by atoms with van der Waals surface area (Å²) >= 11 is 0. The summed E-state index contributed by atoms with van der Waals surface area (Å²) < 4.78 is 10.5. The molecule has 5 heteroatoms. The number of piperidine rings is 1. The van der Waals surface area contributed by atoms with Crippen LogP contribution in [0.1, 0.15) is 44.9 Å². The van der Waals surface area contributed by atoms with Gasteiger partial charge >= 0.3 is 6.01 Å². The van der Waals surface area contributed by atoms with E-state index in [1.165, 1.54) is 12.8 Å². The smallest absolute Gasteiger partial charge is 0.324 e. The molecule has 0 bridgehead atoms. The summed E-state index contributed by atoms with van der Waals surface area (Å²) in [6.07, 6.45) is 3.52. The molecule has 0 saturated carbocycles. The predicted molar refractivity (Wildman–Crippen MR) is 69.8 cm³/mol. The molecule has 102 valence electrons. The predicted octanol–water partition coefficient (Wildman–Crippen LogP) is 2.45. The summed E-state index contributed by atoms with van der Waals surface area (Å²) in [7, 11) is 1.76. The van der Waals surface area contributed by atoms with Crippen molar-refractivity contribution in [2.45, 2.75) is 39.0 Å². The van der Waals surface area contributed by atoms with Crippen molar-refractivity contribution in [1.29, 1.82) is 0 Å². The molecule has 0 aromatic carbocycles. The van der Waals surface area contributed by atoms with Gasteiger partial charge in [0.1, 0.15) is 0 Å². The first-order valence-electron chi connectivity index (χ1n) is 6.78. The van der Waals surface area contributed by atoms with Gasteiger partial charge in [-0.15, -0.1) is 0 Å². The van der Waals surface area contributed by atoms with Crippen LogP contribution in [-0.2, 0) is 4.74 Å².